The van der Waals surface area contributed by atoms with Gasteiger partial charge in [-0.25, -0.2) is 9.96 Å². The number of non-ortho nitro benzene ring substituents is 1. The summed E-state index contributed by atoms with van der Waals surface area (Å²) >= 11 is 0. The number of benzene rings is 4. The van der Waals surface area contributed by atoms with E-state index in [-0.39, 0.29) is 11.6 Å². The Kier molecular flexibility index (Phi) is 4.82. The quantitative estimate of drug-likeness (QED) is 0.244. The molecule has 0 N–H and O–H groups in total. The van der Waals surface area contributed by atoms with Crippen LogP contribution in [0, 0.1) is 16.0 Å². The van der Waals surface area contributed by atoms with E-state index in [0.29, 0.717) is 11.4 Å². The highest BCUT2D eigenvalue weighted by atomic mass is 16.7. The van der Waals surface area contributed by atoms with Crippen molar-refractivity contribution in [2.45, 2.75) is 12.1 Å². The van der Waals surface area contributed by atoms with Crippen molar-refractivity contribution in [2.24, 2.45) is 5.92 Å². The van der Waals surface area contributed by atoms with Gasteiger partial charge in [0.15, 0.2) is 6.10 Å². The van der Waals surface area contributed by atoms with Gasteiger partial charge in [0.05, 0.1) is 22.3 Å². The van der Waals surface area contributed by atoms with Gasteiger partial charge in [0.2, 0.25) is 5.91 Å². The second-order valence-corrected chi connectivity index (χ2v) is 8.52. The smallest absolute Gasteiger partial charge is 0.271 e. The Morgan fingerprint density at radius 1 is 0.800 bits per heavy atom. The zero-order valence-electron chi connectivity index (χ0n) is 18.4. The molecule has 2 aliphatic rings. The number of amides is 2. The Hall–Kier alpha value is -4.56. The fourth-order valence-electron chi connectivity index (χ4n) is 5.01. The summed E-state index contributed by atoms with van der Waals surface area (Å²) in [6, 6.07) is 27.7. The first-order chi connectivity index (χ1) is 17.0. The van der Waals surface area contributed by atoms with Crippen molar-refractivity contribution in [1.82, 2.24) is 0 Å². The molecular formula is C27H19N3O5. The van der Waals surface area contributed by atoms with Gasteiger partial charge in [-0.2, -0.15) is 0 Å². The number of hydrogen-bond donors (Lipinski definition) is 0. The molecule has 2 aliphatic heterocycles. The van der Waals surface area contributed by atoms with E-state index in [1.54, 1.807) is 18.2 Å². The second-order valence-electron chi connectivity index (χ2n) is 8.52. The molecule has 2 amide bonds. The van der Waals surface area contributed by atoms with Crippen LogP contribution in [0.15, 0.2) is 97.1 Å². The van der Waals surface area contributed by atoms with Crippen LogP contribution in [0.5, 0.6) is 0 Å². The molecule has 0 aliphatic carbocycles. The topological polar surface area (TPSA) is 93.0 Å². The van der Waals surface area contributed by atoms with E-state index >= 15 is 0 Å². The van der Waals surface area contributed by atoms with Gasteiger partial charge in [-0.1, -0.05) is 72.8 Å². The van der Waals surface area contributed by atoms with Crippen LogP contribution in [0.3, 0.4) is 0 Å². The predicted molar refractivity (Wildman–Crippen MR) is 130 cm³/mol. The molecule has 35 heavy (non-hydrogen) atoms. The zero-order valence-corrected chi connectivity index (χ0v) is 18.4. The summed E-state index contributed by atoms with van der Waals surface area (Å²) in [6.45, 7) is 0. The third-order valence-corrected chi connectivity index (χ3v) is 6.56. The number of carbonyl (C=O) groups is 2. The maximum Gasteiger partial charge on any atom is 0.271 e. The standard InChI is InChI=1S/C27H19N3O5/c31-26-23-24(18-9-2-1-3-10-18)29(19-12-7-13-20(16-19)30(33)34)35-25(23)27(32)28(26)22-15-6-11-17-8-4-5-14-21(17)22/h1-16,23-25H/t23-,24+,25+/m1/s1. The Labute approximate surface area is 200 Å². The number of carbonyl (C=O) groups excluding carboxylic acids is 2. The second kappa shape index (κ2) is 8.03. The normalized spacial score (nSPS) is 21.5. The molecule has 0 bridgehead atoms. The molecular weight excluding hydrogens is 446 g/mol. The zero-order chi connectivity index (χ0) is 24.1. The summed E-state index contributed by atoms with van der Waals surface area (Å²) in [5.74, 6) is -1.63. The van der Waals surface area contributed by atoms with Crippen LogP contribution in [0.1, 0.15) is 11.6 Å². The van der Waals surface area contributed by atoms with Crippen molar-refractivity contribution < 1.29 is 19.3 Å². The number of nitro groups is 1. The first kappa shape index (κ1) is 21.0. The molecule has 2 fully saturated rings. The Morgan fingerprint density at radius 2 is 1.51 bits per heavy atom. The van der Waals surface area contributed by atoms with Gasteiger partial charge >= 0.3 is 0 Å². The van der Waals surface area contributed by atoms with Crippen LogP contribution in [-0.4, -0.2) is 22.8 Å². The van der Waals surface area contributed by atoms with Crippen molar-refractivity contribution in [3.05, 3.63) is 113 Å². The molecule has 0 unspecified atom stereocenters. The Morgan fingerprint density at radius 3 is 2.31 bits per heavy atom. The van der Waals surface area contributed by atoms with Crippen LogP contribution < -0.4 is 9.96 Å². The Bertz CT molecular complexity index is 1480. The van der Waals surface area contributed by atoms with Gasteiger partial charge in [0.1, 0.15) is 5.92 Å². The molecule has 2 heterocycles. The number of nitrogens with zero attached hydrogens (tertiary/aromatic N) is 3. The largest absolute Gasteiger partial charge is 0.273 e. The van der Waals surface area contributed by atoms with Gasteiger partial charge in [0.25, 0.3) is 11.6 Å². The fourth-order valence-corrected chi connectivity index (χ4v) is 5.01. The molecule has 4 aromatic carbocycles. The Balaban J connectivity index is 1.46. The molecule has 0 saturated carbocycles. The van der Waals surface area contributed by atoms with E-state index in [1.807, 2.05) is 66.7 Å². The minimum atomic E-state index is -1.05. The molecule has 0 radical (unpaired) electrons. The molecule has 172 valence electrons. The molecule has 0 spiro atoms. The number of nitro benzene ring substituents is 1. The summed E-state index contributed by atoms with van der Waals surface area (Å²) < 4.78 is 0. The molecule has 8 heteroatoms. The minimum absolute atomic E-state index is 0.106. The summed E-state index contributed by atoms with van der Waals surface area (Å²) in [4.78, 5) is 45.7. The lowest BCUT2D eigenvalue weighted by Crippen LogP contribution is -2.37. The van der Waals surface area contributed by atoms with Crippen LogP contribution in [0.25, 0.3) is 10.8 Å². The molecule has 8 nitrogen and oxygen atoms in total. The minimum Gasteiger partial charge on any atom is -0.273 e. The third-order valence-electron chi connectivity index (χ3n) is 6.56. The lowest BCUT2D eigenvalue weighted by Gasteiger charge is -2.28. The summed E-state index contributed by atoms with van der Waals surface area (Å²) in [5, 5.41) is 14.5. The van der Waals surface area contributed by atoms with Gasteiger partial charge < -0.3 is 0 Å². The van der Waals surface area contributed by atoms with Crippen LogP contribution in [-0.2, 0) is 14.4 Å². The predicted octanol–water partition coefficient (Wildman–Crippen LogP) is 4.80. The summed E-state index contributed by atoms with van der Waals surface area (Å²) in [5.41, 5.74) is 1.59. The maximum atomic E-state index is 13.9. The highest BCUT2D eigenvalue weighted by molar-refractivity contribution is 6.26. The van der Waals surface area contributed by atoms with Crippen molar-refractivity contribution in [3.63, 3.8) is 0 Å². The number of imide groups is 1. The summed E-state index contributed by atoms with van der Waals surface area (Å²) in [7, 11) is 0. The molecule has 4 aromatic rings. The van der Waals surface area contributed by atoms with Crippen molar-refractivity contribution in [2.75, 3.05) is 9.96 Å². The molecule has 0 aromatic heterocycles. The fraction of sp³-hybridized carbons (Fsp3) is 0.111. The van der Waals surface area contributed by atoms with E-state index in [2.05, 4.69) is 0 Å². The van der Waals surface area contributed by atoms with Gasteiger partial charge in [-0.05, 0) is 23.1 Å². The number of hydrogen-bond acceptors (Lipinski definition) is 6. The van der Waals surface area contributed by atoms with Gasteiger partial charge in [-0.3, -0.25) is 24.5 Å². The van der Waals surface area contributed by atoms with Crippen molar-refractivity contribution >= 4 is 39.6 Å². The number of rotatable bonds is 4. The van der Waals surface area contributed by atoms with Crippen LogP contribution in [0.2, 0.25) is 0 Å². The van der Waals surface area contributed by atoms with Gasteiger partial charge in [-0.15, -0.1) is 0 Å². The number of hydroxylamine groups is 1. The third kappa shape index (κ3) is 3.26. The van der Waals surface area contributed by atoms with Gasteiger partial charge in [0, 0.05) is 17.5 Å². The van der Waals surface area contributed by atoms with E-state index in [1.165, 1.54) is 22.1 Å². The van der Waals surface area contributed by atoms with E-state index < -0.39 is 28.9 Å². The number of anilines is 2. The van der Waals surface area contributed by atoms with Crippen LogP contribution in [0.4, 0.5) is 17.1 Å². The highest BCUT2D eigenvalue weighted by Gasteiger charge is 2.60. The van der Waals surface area contributed by atoms with E-state index in [9.17, 15) is 19.7 Å². The maximum absolute atomic E-state index is 13.9. The summed E-state index contributed by atoms with van der Waals surface area (Å²) in [6.07, 6.45) is -1.05. The van der Waals surface area contributed by atoms with E-state index in [4.69, 9.17) is 4.84 Å². The number of fused-ring (bicyclic) bond motifs is 2. The lowest BCUT2D eigenvalue weighted by atomic mass is 9.90. The van der Waals surface area contributed by atoms with Crippen molar-refractivity contribution in [3.8, 4) is 0 Å². The molecule has 3 atom stereocenters. The molecule has 2 saturated heterocycles. The lowest BCUT2D eigenvalue weighted by molar-refractivity contribution is -0.384. The average molecular weight is 465 g/mol. The van der Waals surface area contributed by atoms with Crippen molar-refractivity contribution in [1.29, 1.82) is 0 Å². The highest BCUT2D eigenvalue weighted by Crippen LogP contribution is 2.48. The SMILES string of the molecule is O=C1[C@H]2[C@H](ON(c3cccc([N+](=O)[O-])c3)[C@H]2c2ccccc2)C(=O)N1c1cccc2ccccc12. The van der Waals surface area contributed by atoms with E-state index in [0.717, 1.165) is 16.3 Å². The first-order valence-electron chi connectivity index (χ1n) is 11.2. The average Bonchev–Trinajstić information content (AvgIpc) is 3.40. The first-order valence-corrected chi connectivity index (χ1v) is 11.2. The molecule has 6 rings (SSSR count). The monoisotopic (exact) mass is 465 g/mol. The van der Waals surface area contributed by atoms with Crippen LogP contribution >= 0.6 is 0 Å².